The Balaban J connectivity index is 1.80. The minimum absolute atomic E-state index is 0.126. The topological polar surface area (TPSA) is 78.8 Å². The molecule has 0 heterocycles. The van der Waals surface area contributed by atoms with Crippen molar-refractivity contribution >= 4 is 38.9 Å². The maximum atomic E-state index is 13.6. The van der Waals surface area contributed by atoms with Crippen LogP contribution in [0.3, 0.4) is 0 Å². The van der Waals surface area contributed by atoms with Gasteiger partial charge in [0.2, 0.25) is 0 Å². The van der Waals surface area contributed by atoms with Gasteiger partial charge in [0.15, 0.2) is 0 Å². The highest BCUT2D eigenvalue weighted by Gasteiger charge is 2.28. The lowest BCUT2D eigenvalue weighted by molar-refractivity contribution is -0.119. The molecule has 196 valence electrons. The minimum Gasteiger partial charge on any atom is -0.271 e. The van der Waals surface area contributed by atoms with Crippen LogP contribution in [0.2, 0.25) is 5.02 Å². The third-order valence-electron chi connectivity index (χ3n) is 6.59. The van der Waals surface area contributed by atoms with Crippen LogP contribution in [0.25, 0.3) is 0 Å². The van der Waals surface area contributed by atoms with Crippen molar-refractivity contribution in [1.29, 1.82) is 0 Å². The summed E-state index contributed by atoms with van der Waals surface area (Å²) in [5.74, 6) is -0.473. The SMILES string of the molecule is Cc1ccc(S(=O)(=O)N(CC(=O)NN=C2CCCCCCCCCCC2)c2ccc(Cl)cc2C)cc1. The molecule has 2 aromatic rings. The molecule has 1 saturated carbocycles. The van der Waals surface area contributed by atoms with Gasteiger partial charge in [0, 0.05) is 10.7 Å². The smallest absolute Gasteiger partial charge is 0.264 e. The summed E-state index contributed by atoms with van der Waals surface area (Å²) < 4.78 is 28.4. The zero-order valence-corrected chi connectivity index (χ0v) is 23.0. The Labute approximate surface area is 221 Å². The Bertz CT molecular complexity index is 1130. The highest BCUT2D eigenvalue weighted by molar-refractivity contribution is 7.92. The number of carbonyl (C=O) groups excluding carboxylic acids is 1. The van der Waals surface area contributed by atoms with Crippen molar-refractivity contribution in [2.75, 3.05) is 10.8 Å². The zero-order valence-electron chi connectivity index (χ0n) is 21.4. The Morgan fingerprint density at radius 1 is 0.889 bits per heavy atom. The summed E-state index contributed by atoms with van der Waals surface area (Å²) in [6.45, 7) is 3.30. The molecule has 8 heteroatoms. The molecule has 1 amide bonds. The van der Waals surface area contributed by atoms with Gasteiger partial charge in [0.05, 0.1) is 10.6 Å². The summed E-state index contributed by atoms with van der Waals surface area (Å²) in [6, 6.07) is 11.6. The summed E-state index contributed by atoms with van der Waals surface area (Å²) >= 11 is 6.11. The lowest BCUT2D eigenvalue weighted by Crippen LogP contribution is -2.40. The summed E-state index contributed by atoms with van der Waals surface area (Å²) in [7, 11) is -3.99. The summed E-state index contributed by atoms with van der Waals surface area (Å²) in [5.41, 5.74) is 5.66. The summed E-state index contributed by atoms with van der Waals surface area (Å²) in [5, 5.41) is 4.94. The van der Waals surface area contributed by atoms with E-state index in [4.69, 9.17) is 11.6 Å². The zero-order chi connectivity index (χ0) is 26.0. The first kappa shape index (κ1) is 28.2. The van der Waals surface area contributed by atoms with Crippen LogP contribution in [0.1, 0.15) is 81.8 Å². The highest BCUT2D eigenvalue weighted by Crippen LogP contribution is 2.29. The number of hydrogen-bond acceptors (Lipinski definition) is 4. The van der Waals surface area contributed by atoms with Crippen molar-refractivity contribution in [1.82, 2.24) is 5.43 Å². The van der Waals surface area contributed by atoms with Gasteiger partial charge in [-0.3, -0.25) is 9.10 Å². The molecular formula is C28H38ClN3O3S. The van der Waals surface area contributed by atoms with Gasteiger partial charge in [-0.1, -0.05) is 74.2 Å². The number of nitrogens with one attached hydrogen (secondary N) is 1. The number of hydrazone groups is 1. The first-order chi connectivity index (χ1) is 17.3. The highest BCUT2D eigenvalue weighted by atomic mass is 35.5. The van der Waals surface area contributed by atoms with Crippen molar-refractivity contribution in [2.45, 2.75) is 89.4 Å². The monoisotopic (exact) mass is 531 g/mol. The van der Waals surface area contributed by atoms with E-state index in [0.29, 0.717) is 16.3 Å². The Morgan fingerprint density at radius 2 is 1.44 bits per heavy atom. The molecule has 0 aromatic heterocycles. The first-order valence-electron chi connectivity index (χ1n) is 13.0. The van der Waals surface area contributed by atoms with E-state index in [0.717, 1.165) is 41.3 Å². The normalized spacial score (nSPS) is 15.9. The lowest BCUT2D eigenvalue weighted by atomic mass is 10.00. The number of sulfonamides is 1. The van der Waals surface area contributed by atoms with E-state index in [1.807, 2.05) is 6.92 Å². The fraction of sp³-hybridized carbons (Fsp3) is 0.500. The third-order valence-corrected chi connectivity index (χ3v) is 8.60. The van der Waals surface area contributed by atoms with Gasteiger partial charge in [0.25, 0.3) is 15.9 Å². The van der Waals surface area contributed by atoms with Crippen molar-refractivity contribution in [3.63, 3.8) is 0 Å². The van der Waals surface area contributed by atoms with Crippen LogP contribution in [0, 0.1) is 13.8 Å². The van der Waals surface area contributed by atoms with Crippen LogP contribution in [0.5, 0.6) is 0 Å². The predicted octanol–water partition coefficient (Wildman–Crippen LogP) is 6.93. The van der Waals surface area contributed by atoms with E-state index >= 15 is 0 Å². The van der Waals surface area contributed by atoms with Crippen LogP contribution < -0.4 is 9.73 Å². The second-order valence-electron chi connectivity index (χ2n) is 9.65. The standard InChI is InChI=1S/C28H38ClN3O3S/c1-22-14-17-26(18-15-22)36(34,35)32(27-19-16-24(29)20-23(27)2)21-28(33)31-30-25-12-10-8-6-4-3-5-7-9-11-13-25/h14-20H,3-13,21H2,1-2H3,(H,31,33). The Morgan fingerprint density at radius 3 is 2.00 bits per heavy atom. The van der Waals surface area contributed by atoms with Gasteiger partial charge in [-0.25, -0.2) is 13.8 Å². The van der Waals surface area contributed by atoms with Crippen LogP contribution >= 0.6 is 11.6 Å². The van der Waals surface area contributed by atoms with Gasteiger partial charge >= 0.3 is 0 Å². The Hall–Kier alpha value is -2.38. The average molecular weight is 532 g/mol. The molecule has 1 aliphatic rings. The van der Waals surface area contributed by atoms with Crippen molar-refractivity contribution in [3.8, 4) is 0 Å². The summed E-state index contributed by atoms with van der Waals surface area (Å²) in [6.07, 6.45) is 12.6. The Kier molecular flexibility index (Phi) is 10.8. The number of halogens is 1. The van der Waals surface area contributed by atoms with E-state index in [1.54, 1.807) is 49.4 Å². The van der Waals surface area contributed by atoms with Crippen LogP contribution in [-0.4, -0.2) is 26.6 Å². The second-order valence-corrected chi connectivity index (χ2v) is 11.9. The molecular weight excluding hydrogens is 494 g/mol. The molecule has 0 radical (unpaired) electrons. The molecule has 6 nitrogen and oxygen atoms in total. The molecule has 0 spiro atoms. The number of nitrogens with zero attached hydrogens (tertiary/aromatic N) is 2. The maximum absolute atomic E-state index is 13.6. The average Bonchev–Trinajstić information content (AvgIpc) is 2.83. The molecule has 36 heavy (non-hydrogen) atoms. The van der Waals surface area contributed by atoms with Gasteiger partial charge in [-0.2, -0.15) is 5.10 Å². The number of benzene rings is 2. The predicted molar refractivity (Wildman–Crippen MR) is 148 cm³/mol. The molecule has 1 aliphatic carbocycles. The number of hydrogen-bond donors (Lipinski definition) is 1. The molecule has 3 rings (SSSR count). The number of aryl methyl sites for hydroxylation is 2. The van der Waals surface area contributed by atoms with Crippen molar-refractivity contribution < 1.29 is 13.2 Å². The number of anilines is 1. The fourth-order valence-electron chi connectivity index (χ4n) is 4.48. The molecule has 0 saturated heterocycles. The van der Waals surface area contributed by atoms with Gasteiger partial charge in [-0.15, -0.1) is 0 Å². The molecule has 0 atom stereocenters. The largest absolute Gasteiger partial charge is 0.271 e. The van der Waals surface area contributed by atoms with Crippen LogP contribution in [0.4, 0.5) is 5.69 Å². The van der Waals surface area contributed by atoms with Crippen LogP contribution in [-0.2, 0) is 14.8 Å². The molecule has 0 unspecified atom stereocenters. The fourth-order valence-corrected chi connectivity index (χ4v) is 6.19. The van der Waals surface area contributed by atoms with E-state index in [2.05, 4.69) is 10.5 Å². The lowest BCUT2D eigenvalue weighted by Gasteiger charge is -2.25. The van der Waals surface area contributed by atoms with Gasteiger partial charge < -0.3 is 0 Å². The minimum atomic E-state index is -3.99. The number of rotatable bonds is 6. The van der Waals surface area contributed by atoms with E-state index in [-0.39, 0.29) is 11.4 Å². The second kappa shape index (κ2) is 13.8. The number of amides is 1. The quantitative estimate of drug-likeness (QED) is 0.410. The van der Waals surface area contributed by atoms with Crippen LogP contribution in [0.15, 0.2) is 52.5 Å². The van der Waals surface area contributed by atoms with E-state index in [1.165, 1.54) is 44.9 Å². The third kappa shape index (κ3) is 8.34. The molecule has 0 aliphatic heterocycles. The van der Waals surface area contributed by atoms with Gasteiger partial charge in [-0.05, 0) is 75.4 Å². The van der Waals surface area contributed by atoms with Gasteiger partial charge in [0.1, 0.15) is 6.54 Å². The molecule has 1 fully saturated rings. The molecule has 1 N–H and O–H groups in total. The first-order valence-corrected chi connectivity index (χ1v) is 14.8. The number of carbonyl (C=O) groups is 1. The summed E-state index contributed by atoms with van der Waals surface area (Å²) in [4.78, 5) is 13.1. The van der Waals surface area contributed by atoms with E-state index in [9.17, 15) is 13.2 Å². The maximum Gasteiger partial charge on any atom is 0.264 e. The molecule has 2 aromatic carbocycles. The van der Waals surface area contributed by atoms with E-state index < -0.39 is 15.9 Å². The van der Waals surface area contributed by atoms with Crippen molar-refractivity contribution in [2.24, 2.45) is 5.10 Å². The molecule has 0 bridgehead atoms. The van der Waals surface area contributed by atoms with Crippen molar-refractivity contribution in [3.05, 3.63) is 58.6 Å².